The second kappa shape index (κ2) is 8.27. The molecule has 2 aromatic carbocycles. The first kappa shape index (κ1) is 19.1. The molecule has 2 unspecified atom stereocenters. The Morgan fingerprint density at radius 1 is 1.00 bits per heavy atom. The zero-order valence-corrected chi connectivity index (χ0v) is 15.5. The van der Waals surface area contributed by atoms with Crippen molar-refractivity contribution in [1.29, 1.82) is 0 Å². The summed E-state index contributed by atoms with van der Waals surface area (Å²) in [5, 5.41) is 2.91. The van der Waals surface area contributed by atoms with Gasteiger partial charge in [-0.05, 0) is 50.1 Å². The molecule has 0 bridgehead atoms. The van der Waals surface area contributed by atoms with Gasteiger partial charge in [-0.15, -0.1) is 0 Å². The van der Waals surface area contributed by atoms with Gasteiger partial charge in [0.05, 0.1) is 10.9 Å². The van der Waals surface area contributed by atoms with Crippen LogP contribution in [0.3, 0.4) is 0 Å². The fourth-order valence-corrected chi connectivity index (χ4v) is 3.63. The predicted molar refractivity (Wildman–Crippen MR) is 98.8 cm³/mol. The van der Waals surface area contributed by atoms with E-state index in [1.807, 2.05) is 51.1 Å². The van der Waals surface area contributed by atoms with E-state index >= 15 is 0 Å². The molecule has 0 radical (unpaired) electrons. The van der Waals surface area contributed by atoms with E-state index in [4.69, 9.17) is 0 Å². The van der Waals surface area contributed by atoms with E-state index in [9.17, 15) is 13.2 Å². The summed E-state index contributed by atoms with van der Waals surface area (Å²) in [6, 6.07) is 15.3. The Morgan fingerprint density at radius 2 is 1.60 bits per heavy atom. The van der Waals surface area contributed by atoms with Crippen LogP contribution in [0.4, 0.5) is 0 Å². The minimum absolute atomic E-state index is 0.135. The molecule has 2 N–H and O–H groups in total. The lowest BCUT2D eigenvalue weighted by Gasteiger charge is -2.15. The van der Waals surface area contributed by atoms with Gasteiger partial charge in [0.1, 0.15) is 0 Å². The van der Waals surface area contributed by atoms with Gasteiger partial charge < -0.3 is 5.32 Å². The maximum Gasteiger partial charge on any atom is 0.251 e. The smallest absolute Gasteiger partial charge is 0.251 e. The maximum atomic E-state index is 12.3. The molecule has 0 aromatic heterocycles. The number of nitrogens with one attached hydrogen (secondary N) is 2. The summed E-state index contributed by atoms with van der Waals surface area (Å²) < 4.78 is 27.1. The van der Waals surface area contributed by atoms with E-state index in [1.165, 1.54) is 24.3 Å². The van der Waals surface area contributed by atoms with Crippen molar-refractivity contribution < 1.29 is 13.2 Å². The standard InChI is InChI=1S/C19H24N2O3S/c1-4-14(2)21-25(23,24)18-12-10-17(11-13-18)19(22)20-15(3)16-8-6-5-7-9-16/h5-15,21H,4H2,1-3H3,(H,20,22). The summed E-state index contributed by atoms with van der Waals surface area (Å²) in [6.45, 7) is 5.63. The first-order valence-corrected chi connectivity index (χ1v) is 9.80. The van der Waals surface area contributed by atoms with Crippen molar-refractivity contribution in [3.05, 3.63) is 65.7 Å². The van der Waals surface area contributed by atoms with Crippen LogP contribution in [0.25, 0.3) is 0 Å². The number of amides is 1. The van der Waals surface area contributed by atoms with Crippen molar-refractivity contribution in [3.63, 3.8) is 0 Å². The van der Waals surface area contributed by atoms with Gasteiger partial charge in [-0.25, -0.2) is 13.1 Å². The molecule has 134 valence electrons. The quantitative estimate of drug-likeness (QED) is 0.796. The third-order valence-corrected chi connectivity index (χ3v) is 5.65. The molecule has 0 saturated carbocycles. The summed E-state index contributed by atoms with van der Waals surface area (Å²) >= 11 is 0. The Balaban J connectivity index is 2.08. The average Bonchev–Trinajstić information content (AvgIpc) is 2.62. The second-order valence-electron chi connectivity index (χ2n) is 6.06. The van der Waals surface area contributed by atoms with Gasteiger partial charge in [0, 0.05) is 11.6 Å². The lowest BCUT2D eigenvalue weighted by molar-refractivity contribution is 0.0940. The van der Waals surface area contributed by atoms with Crippen LogP contribution < -0.4 is 10.0 Å². The van der Waals surface area contributed by atoms with Crippen LogP contribution in [0.15, 0.2) is 59.5 Å². The highest BCUT2D eigenvalue weighted by atomic mass is 32.2. The molecular formula is C19H24N2O3S. The van der Waals surface area contributed by atoms with Crippen LogP contribution in [0, 0.1) is 0 Å². The third-order valence-electron chi connectivity index (χ3n) is 4.04. The van der Waals surface area contributed by atoms with Crippen LogP contribution in [0.2, 0.25) is 0 Å². The molecule has 6 heteroatoms. The normalized spacial score (nSPS) is 13.9. The van der Waals surface area contributed by atoms with Gasteiger partial charge in [0.15, 0.2) is 0 Å². The predicted octanol–water partition coefficient (Wildman–Crippen LogP) is 3.25. The SMILES string of the molecule is CCC(C)NS(=O)(=O)c1ccc(C(=O)NC(C)c2ccccc2)cc1. The van der Waals surface area contributed by atoms with Gasteiger partial charge in [-0.1, -0.05) is 37.3 Å². The van der Waals surface area contributed by atoms with Crippen molar-refractivity contribution in [1.82, 2.24) is 10.0 Å². The number of benzene rings is 2. The van der Waals surface area contributed by atoms with E-state index in [0.29, 0.717) is 12.0 Å². The summed E-state index contributed by atoms with van der Waals surface area (Å²) in [5.74, 6) is -0.241. The highest BCUT2D eigenvalue weighted by molar-refractivity contribution is 7.89. The Morgan fingerprint density at radius 3 is 2.16 bits per heavy atom. The van der Waals surface area contributed by atoms with Crippen molar-refractivity contribution in [3.8, 4) is 0 Å². The van der Waals surface area contributed by atoms with Gasteiger partial charge in [0.2, 0.25) is 10.0 Å². The largest absolute Gasteiger partial charge is 0.346 e. The van der Waals surface area contributed by atoms with Gasteiger partial charge in [-0.2, -0.15) is 0 Å². The molecule has 2 atom stereocenters. The molecule has 1 amide bonds. The lowest BCUT2D eigenvalue weighted by atomic mass is 10.1. The molecule has 2 rings (SSSR count). The fourth-order valence-electron chi connectivity index (χ4n) is 2.31. The summed E-state index contributed by atoms with van der Waals surface area (Å²) in [6.07, 6.45) is 0.705. The van der Waals surface area contributed by atoms with Crippen LogP contribution in [-0.2, 0) is 10.0 Å². The second-order valence-corrected chi connectivity index (χ2v) is 7.77. The van der Waals surface area contributed by atoms with Crippen molar-refractivity contribution in [2.24, 2.45) is 0 Å². The first-order chi connectivity index (χ1) is 11.8. The highest BCUT2D eigenvalue weighted by Gasteiger charge is 2.17. The van der Waals surface area contributed by atoms with Crippen LogP contribution in [0.5, 0.6) is 0 Å². The number of carbonyl (C=O) groups is 1. The molecule has 25 heavy (non-hydrogen) atoms. The summed E-state index contributed by atoms with van der Waals surface area (Å²) in [4.78, 5) is 12.5. The van der Waals surface area contributed by atoms with E-state index in [1.54, 1.807) is 0 Å². The van der Waals surface area contributed by atoms with Crippen molar-refractivity contribution >= 4 is 15.9 Å². The Bertz CT molecular complexity index is 802. The number of carbonyl (C=O) groups excluding carboxylic acids is 1. The minimum Gasteiger partial charge on any atom is -0.346 e. The zero-order chi connectivity index (χ0) is 18.4. The maximum absolute atomic E-state index is 12.3. The fraction of sp³-hybridized carbons (Fsp3) is 0.316. The summed E-state index contributed by atoms with van der Waals surface area (Å²) in [7, 11) is -3.56. The van der Waals surface area contributed by atoms with Gasteiger partial charge in [-0.3, -0.25) is 4.79 Å². The number of rotatable bonds is 7. The zero-order valence-electron chi connectivity index (χ0n) is 14.7. The molecule has 0 fully saturated rings. The molecule has 0 aliphatic carbocycles. The third kappa shape index (κ3) is 5.14. The number of hydrogen-bond acceptors (Lipinski definition) is 3. The molecular weight excluding hydrogens is 336 g/mol. The molecule has 0 aliphatic rings. The Kier molecular flexibility index (Phi) is 6.33. The average molecular weight is 360 g/mol. The number of sulfonamides is 1. The van der Waals surface area contributed by atoms with Crippen molar-refractivity contribution in [2.75, 3.05) is 0 Å². The Hall–Kier alpha value is -2.18. The molecule has 0 saturated heterocycles. The topological polar surface area (TPSA) is 75.3 Å². The van der Waals surface area contributed by atoms with Gasteiger partial charge in [0.25, 0.3) is 5.91 Å². The minimum atomic E-state index is -3.56. The monoisotopic (exact) mass is 360 g/mol. The van der Waals surface area contributed by atoms with E-state index in [0.717, 1.165) is 5.56 Å². The molecule has 2 aromatic rings. The van der Waals surface area contributed by atoms with Gasteiger partial charge >= 0.3 is 0 Å². The highest BCUT2D eigenvalue weighted by Crippen LogP contribution is 2.15. The van der Waals surface area contributed by atoms with Crippen LogP contribution in [0.1, 0.15) is 49.2 Å². The van der Waals surface area contributed by atoms with Crippen molar-refractivity contribution in [2.45, 2.75) is 44.2 Å². The van der Waals surface area contributed by atoms with E-state index in [2.05, 4.69) is 10.0 Å². The number of hydrogen-bond donors (Lipinski definition) is 2. The molecule has 0 heterocycles. The first-order valence-electron chi connectivity index (χ1n) is 8.31. The van der Waals surface area contributed by atoms with Crippen LogP contribution in [-0.4, -0.2) is 20.4 Å². The summed E-state index contributed by atoms with van der Waals surface area (Å²) in [5.41, 5.74) is 1.43. The van der Waals surface area contributed by atoms with E-state index < -0.39 is 10.0 Å². The lowest BCUT2D eigenvalue weighted by Crippen LogP contribution is -2.32. The molecule has 0 aliphatic heterocycles. The van der Waals surface area contributed by atoms with Crippen LogP contribution >= 0.6 is 0 Å². The molecule has 0 spiro atoms. The Labute approximate surface area is 149 Å². The molecule has 5 nitrogen and oxygen atoms in total. The van der Waals surface area contributed by atoms with E-state index in [-0.39, 0.29) is 22.9 Å².